The van der Waals surface area contributed by atoms with Crippen LogP contribution < -0.4 is 0 Å². The van der Waals surface area contributed by atoms with Crippen molar-refractivity contribution >= 4 is 0 Å². The molecule has 0 radical (unpaired) electrons. The summed E-state index contributed by atoms with van der Waals surface area (Å²) in [6, 6.07) is 20.0. The second-order valence-corrected chi connectivity index (χ2v) is 6.49. The van der Waals surface area contributed by atoms with Crippen LogP contribution in [0.4, 0.5) is 0 Å². The first-order chi connectivity index (χ1) is 12.3. The Morgan fingerprint density at radius 3 is 1.96 bits per heavy atom. The Bertz CT molecular complexity index is 774. The number of unbranched alkanes of at least 4 members (excludes halogenated alkanes) is 3. The van der Waals surface area contributed by atoms with Gasteiger partial charge in [-0.3, -0.25) is 4.98 Å². The van der Waals surface area contributed by atoms with Crippen LogP contribution in [0.1, 0.15) is 38.2 Å². The first-order valence-electron chi connectivity index (χ1n) is 9.11. The third-order valence-electron chi connectivity index (χ3n) is 4.53. The predicted octanol–water partition coefficient (Wildman–Crippen LogP) is 6.24. The van der Waals surface area contributed by atoms with E-state index in [1.165, 1.54) is 31.2 Å². The molecule has 1 heterocycles. The third-order valence-corrected chi connectivity index (χ3v) is 4.53. The molecule has 1 N–H and O–H groups in total. The van der Waals surface area contributed by atoms with Gasteiger partial charge in [-0.25, -0.2) is 0 Å². The number of hydrogen-bond donors (Lipinski definition) is 1. The molecule has 0 bridgehead atoms. The molecular weight excluding hydrogens is 306 g/mol. The molecule has 0 unspecified atom stereocenters. The molecule has 25 heavy (non-hydrogen) atoms. The van der Waals surface area contributed by atoms with Gasteiger partial charge in [0.2, 0.25) is 0 Å². The average molecular weight is 331 g/mol. The van der Waals surface area contributed by atoms with E-state index in [-0.39, 0.29) is 0 Å². The van der Waals surface area contributed by atoms with Gasteiger partial charge in [0.1, 0.15) is 5.75 Å². The first kappa shape index (κ1) is 17.2. The fourth-order valence-electron chi connectivity index (χ4n) is 2.99. The molecule has 2 heteroatoms. The molecule has 128 valence electrons. The largest absolute Gasteiger partial charge is 0.508 e. The molecule has 0 saturated heterocycles. The molecule has 2 nitrogen and oxygen atoms in total. The highest BCUT2D eigenvalue weighted by atomic mass is 16.3. The van der Waals surface area contributed by atoms with Gasteiger partial charge in [0.05, 0.1) is 5.69 Å². The molecule has 0 amide bonds. The van der Waals surface area contributed by atoms with Gasteiger partial charge in [0.15, 0.2) is 0 Å². The number of pyridine rings is 1. The molecule has 0 aliphatic heterocycles. The second-order valence-electron chi connectivity index (χ2n) is 6.49. The van der Waals surface area contributed by atoms with Crippen LogP contribution in [0.3, 0.4) is 0 Å². The highest BCUT2D eigenvalue weighted by molar-refractivity contribution is 5.69. The van der Waals surface area contributed by atoms with Crippen molar-refractivity contribution in [2.75, 3.05) is 0 Å². The molecule has 2 aromatic carbocycles. The van der Waals surface area contributed by atoms with E-state index in [0.29, 0.717) is 5.75 Å². The minimum Gasteiger partial charge on any atom is -0.508 e. The van der Waals surface area contributed by atoms with E-state index in [0.717, 1.165) is 28.8 Å². The highest BCUT2D eigenvalue weighted by Crippen LogP contribution is 2.25. The molecule has 1 aromatic heterocycles. The van der Waals surface area contributed by atoms with E-state index >= 15 is 0 Å². The van der Waals surface area contributed by atoms with Crippen LogP contribution in [-0.4, -0.2) is 10.1 Å². The van der Waals surface area contributed by atoms with Crippen molar-refractivity contribution in [1.29, 1.82) is 0 Å². The molecular formula is C23H25NO. The van der Waals surface area contributed by atoms with Crippen molar-refractivity contribution in [3.05, 3.63) is 72.4 Å². The lowest BCUT2D eigenvalue weighted by Gasteiger charge is -2.06. The Hall–Kier alpha value is -2.61. The second kappa shape index (κ2) is 8.48. The summed E-state index contributed by atoms with van der Waals surface area (Å²) in [4.78, 5) is 4.63. The molecule has 0 fully saturated rings. The Balaban J connectivity index is 1.66. The van der Waals surface area contributed by atoms with Gasteiger partial charge < -0.3 is 5.11 Å². The quantitative estimate of drug-likeness (QED) is 0.519. The van der Waals surface area contributed by atoms with Gasteiger partial charge in [0.25, 0.3) is 0 Å². The SMILES string of the molecule is CCCCCCc1ccc(-c2ccc(-c3ccc(O)cc3)cc2)nc1. The molecule has 0 saturated carbocycles. The highest BCUT2D eigenvalue weighted by Gasteiger charge is 2.02. The van der Waals surface area contributed by atoms with Gasteiger partial charge in [-0.05, 0) is 47.7 Å². The van der Waals surface area contributed by atoms with Crippen molar-refractivity contribution in [2.24, 2.45) is 0 Å². The van der Waals surface area contributed by atoms with Crippen LogP contribution >= 0.6 is 0 Å². The molecule has 0 aliphatic carbocycles. The van der Waals surface area contributed by atoms with Crippen molar-refractivity contribution in [2.45, 2.75) is 39.0 Å². The summed E-state index contributed by atoms with van der Waals surface area (Å²) in [5.41, 5.74) is 5.69. The number of aryl methyl sites for hydroxylation is 1. The monoisotopic (exact) mass is 331 g/mol. The Kier molecular flexibility index (Phi) is 5.84. The Morgan fingerprint density at radius 1 is 0.720 bits per heavy atom. The van der Waals surface area contributed by atoms with Gasteiger partial charge in [-0.1, -0.05) is 68.7 Å². The van der Waals surface area contributed by atoms with Crippen LogP contribution in [0.5, 0.6) is 5.75 Å². The molecule has 0 aliphatic rings. The van der Waals surface area contributed by atoms with Crippen LogP contribution in [0.2, 0.25) is 0 Å². The van der Waals surface area contributed by atoms with Crippen molar-refractivity contribution in [3.8, 4) is 28.1 Å². The van der Waals surface area contributed by atoms with E-state index in [1.807, 2.05) is 18.3 Å². The normalized spacial score (nSPS) is 10.8. The molecule has 0 atom stereocenters. The zero-order valence-corrected chi connectivity index (χ0v) is 14.8. The summed E-state index contributed by atoms with van der Waals surface area (Å²) in [5.74, 6) is 0.291. The fourth-order valence-corrected chi connectivity index (χ4v) is 2.99. The topological polar surface area (TPSA) is 33.1 Å². The van der Waals surface area contributed by atoms with Crippen LogP contribution in [0, 0.1) is 0 Å². The van der Waals surface area contributed by atoms with E-state index in [4.69, 9.17) is 0 Å². The summed E-state index contributed by atoms with van der Waals surface area (Å²) >= 11 is 0. The van der Waals surface area contributed by atoms with Crippen molar-refractivity contribution < 1.29 is 5.11 Å². The lowest BCUT2D eigenvalue weighted by Crippen LogP contribution is -1.89. The minimum absolute atomic E-state index is 0.291. The Morgan fingerprint density at radius 2 is 1.36 bits per heavy atom. The number of phenolic OH excluding ortho intramolecular Hbond substituents is 1. The molecule has 3 rings (SSSR count). The van der Waals surface area contributed by atoms with Gasteiger partial charge in [-0.2, -0.15) is 0 Å². The minimum atomic E-state index is 0.291. The van der Waals surface area contributed by atoms with E-state index in [9.17, 15) is 5.11 Å². The number of aromatic nitrogens is 1. The van der Waals surface area contributed by atoms with Crippen LogP contribution in [0.25, 0.3) is 22.4 Å². The smallest absolute Gasteiger partial charge is 0.115 e. The summed E-state index contributed by atoms with van der Waals surface area (Å²) in [5, 5.41) is 9.39. The lowest BCUT2D eigenvalue weighted by molar-refractivity contribution is 0.475. The van der Waals surface area contributed by atoms with E-state index in [2.05, 4.69) is 48.3 Å². The number of rotatable bonds is 7. The zero-order chi connectivity index (χ0) is 17.5. The van der Waals surface area contributed by atoms with E-state index in [1.54, 1.807) is 12.1 Å². The maximum Gasteiger partial charge on any atom is 0.115 e. The standard InChI is InChI=1S/C23H25NO/c1-2-3-4-5-6-18-7-16-23(24-17-18)21-10-8-19(9-11-21)20-12-14-22(25)15-13-20/h7-17,25H,2-6H2,1H3. The number of phenols is 1. The molecule has 0 spiro atoms. The van der Waals surface area contributed by atoms with Crippen LogP contribution in [-0.2, 0) is 6.42 Å². The predicted molar refractivity (Wildman–Crippen MR) is 105 cm³/mol. The van der Waals surface area contributed by atoms with Crippen molar-refractivity contribution in [3.63, 3.8) is 0 Å². The fraction of sp³-hybridized carbons (Fsp3) is 0.261. The van der Waals surface area contributed by atoms with Gasteiger partial charge in [0, 0.05) is 11.8 Å². The van der Waals surface area contributed by atoms with Crippen molar-refractivity contribution in [1.82, 2.24) is 4.98 Å². The van der Waals surface area contributed by atoms with Gasteiger partial charge >= 0.3 is 0 Å². The van der Waals surface area contributed by atoms with Crippen LogP contribution in [0.15, 0.2) is 66.9 Å². The number of aromatic hydroxyl groups is 1. The number of nitrogens with zero attached hydrogens (tertiary/aromatic N) is 1. The maximum atomic E-state index is 9.39. The zero-order valence-electron chi connectivity index (χ0n) is 14.8. The summed E-state index contributed by atoms with van der Waals surface area (Å²) in [6.45, 7) is 2.24. The summed E-state index contributed by atoms with van der Waals surface area (Å²) < 4.78 is 0. The van der Waals surface area contributed by atoms with E-state index < -0.39 is 0 Å². The number of benzene rings is 2. The third kappa shape index (κ3) is 4.69. The summed E-state index contributed by atoms with van der Waals surface area (Å²) in [7, 11) is 0. The first-order valence-corrected chi connectivity index (χ1v) is 9.11. The summed E-state index contributed by atoms with van der Waals surface area (Å²) in [6.07, 6.45) is 8.27. The average Bonchev–Trinajstić information content (AvgIpc) is 2.67. The van der Waals surface area contributed by atoms with Gasteiger partial charge in [-0.15, -0.1) is 0 Å². The maximum absolute atomic E-state index is 9.39. The number of hydrogen-bond acceptors (Lipinski definition) is 2. The molecule has 3 aromatic rings. The Labute approximate surface area is 150 Å². The lowest BCUT2D eigenvalue weighted by atomic mass is 10.0.